The van der Waals surface area contributed by atoms with E-state index in [9.17, 15) is 4.79 Å². The maximum Gasteiger partial charge on any atom is 0.307 e. The third-order valence-corrected chi connectivity index (χ3v) is 6.65. The maximum absolute atomic E-state index is 10.7. The Balaban J connectivity index is 0.000000305. The van der Waals surface area contributed by atoms with E-state index in [1.165, 1.54) is 18.9 Å². The van der Waals surface area contributed by atoms with E-state index in [1.54, 1.807) is 37.7 Å². The molecule has 0 bridgehead atoms. The Bertz CT molecular complexity index is 1120. The van der Waals surface area contributed by atoms with E-state index in [0.717, 1.165) is 43.1 Å². The van der Waals surface area contributed by atoms with Gasteiger partial charge in [-0.15, -0.1) is 16.9 Å². The maximum atomic E-state index is 10.7. The van der Waals surface area contributed by atoms with Gasteiger partial charge in [-0.1, -0.05) is 0 Å². The summed E-state index contributed by atoms with van der Waals surface area (Å²) in [7, 11) is 4.72. The van der Waals surface area contributed by atoms with Gasteiger partial charge in [0.15, 0.2) is 0 Å². The van der Waals surface area contributed by atoms with Crippen LogP contribution in [0.2, 0.25) is 0 Å². The first-order chi connectivity index (χ1) is 16.6. The van der Waals surface area contributed by atoms with Crippen LogP contribution in [0.15, 0.2) is 77.1 Å². The average molecular weight is 581 g/mol. The van der Waals surface area contributed by atoms with E-state index in [4.69, 9.17) is 14.5 Å². The molecule has 0 fully saturated rings. The van der Waals surface area contributed by atoms with Crippen LogP contribution in [0.1, 0.15) is 5.56 Å². The van der Waals surface area contributed by atoms with Gasteiger partial charge in [-0.2, -0.15) is 30.3 Å². The number of nitrogens with zero attached hydrogens (tertiary/aromatic N) is 1. The average Bonchev–Trinajstić information content (AvgIpc) is 3.34. The molecule has 4 aromatic rings. The molecule has 3 aromatic carbocycles. The molecule has 179 valence electrons. The van der Waals surface area contributed by atoms with E-state index < -0.39 is 0 Å². The summed E-state index contributed by atoms with van der Waals surface area (Å²) in [5, 5.41) is 0. The molecule has 35 heavy (non-hydrogen) atoms. The molecule has 0 unspecified atom stereocenters. The molecule has 0 aliphatic heterocycles. The molecule has 0 N–H and O–H groups in total. The minimum atomic E-state index is -0.212. The van der Waals surface area contributed by atoms with Gasteiger partial charge in [-0.05, 0) is 54.1 Å². The van der Waals surface area contributed by atoms with Crippen molar-refractivity contribution in [1.29, 1.82) is 0 Å². The zero-order valence-corrected chi connectivity index (χ0v) is 24.3. The molecule has 0 saturated heterocycles. The number of esters is 1. The normalized spacial score (nSPS) is 9.83. The predicted octanol–water partition coefficient (Wildman–Crippen LogP) is 6.58. The zero-order chi connectivity index (χ0) is 24.3. The van der Waals surface area contributed by atoms with Crippen LogP contribution >= 0.6 is 23.1 Å². The summed E-state index contributed by atoms with van der Waals surface area (Å²) < 4.78 is 15.9. The number of hydrogen-bond donors (Lipinski definition) is 0. The number of hydrogen-bond acceptors (Lipinski definition) is 7. The first-order valence-electron chi connectivity index (χ1n) is 10.3. The van der Waals surface area contributed by atoms with Crippen molar-refractivity contribution in [2.45, 2.75) is 10.8 Å². The molecular weight excluding hydrogens is 555 g/mol. The Kier molecular flexibility index (Phi) is 12.5. The van der Waals surface area contributed by atoms with Crippen LogP contribution in [-0.4, -0.2) is 32.3 Å². The van der Waals surface area contributed by atoms with Gasteiger partial charge >= 0.3 is 5.97 Å². The Morgan fingerprint density at radius 3 is 1.94 bits per heavy atom. The van der Waals surface area contributed by atoms with Crippen molar-refractivity contribution in [2.24, 2.45) is 0 Å². The summed E-state index contributed by atoms with van der Waals surface area (Å²) in [6.07, 6.45) is 4.22. The van der Waals surface area contributed by atoms with Crippen LogP contribution in [0.3, 0.4) is 0 Å². The van der Waals surface area contributed by atoms with Crippen molar-refractivity contribution in [2.75, 3.05) is 21.3 Å². The van der Waals surface area contributed by atoms with Gasteiger partial charge in [0.05, 0.1) is 31.9 Å². The van der Waals surface area contributed by atoms with Gasteiger partial charge in [0.1, 0.15) is 15.8 Å². The largest absolute Gasteiger partial charge is 0.497 e. The number of rotatable bonds is 7. The minimum Gasteiger partial charge on any atom is -0.497 e. The second-order valence-electron chi connectivity index (χ2n) is 6.92. The first-order valence-corrected chi connectivity index (χ1v) is 12.1. The fraction of sp³-hybridized carbons (Fsp3) is 0.148. The van der Waals surface area contributed by atoms with Gasteiger partial charge in [0.2, 0.25) is 0 Å². The zero-order valence-electron chi connectivity index (χ0n) is 19.8. The van der Waals surface area contributed by atoms with Crippen molar-refractivity contribution in [1.82, 2.24) is 4.98 Å². The molecule has 0 amide bonds. The summed E-state index contributed by atoms with van der Waals surface area (Å²) in [6, 6.07) is 26.1. The summed E-state index contributed by atoms with van der Waals surface area (Å²) in [6.45, 7) is 0. The number of ether oxygens (including phenoxy) is 3. The van der Waals surface area contributed by atoms with E-state index in [1.807, 2.05) is 48.5 Å². The molecule has 1 radical (unpaired) electrons. The van der Waals surface area contributed by atoms with Crippen LogP contribution in [0.4, 0.5) is 0 Å². The first kappa shape index (κ1) is 29.0. The van der Waals surface area contributed by atoms with Gasteiger partial charge in [0, 0.05) is 44.7 Å². The van der Waals surface area contributed by atoms with Crippen molar-refractivity contribution in [3.05, 3.63) is 90.7 Å². The summed E-state index contributed by atoms with van der Waals surface area (Å²) in [5.41, 5.74) is 4.10. The standard InChI is InChI=1S/C18H16NO2S2.C9H9O2.Y/c1-20-14-8-4-12(5-9-14)16-17(23-18(19-16)22-3)13-6-10-15(21-2)11-7-13;1-11-9(10)7-8-5-3-2-4-6-8;/h4-11H,3H2,1-2H3;3-6H,7H2,1H3;/q2*-1;. The molecule has 0 saturated carbocycles. The molecule has 0 atom stereocenters. The van der Waals surface area contributed by atoms with Crippen LogP contribution in [0.5, 0.6) is 11.5 Å². The fourth-order valence-corrected chi connectivity index (χ4v) is 4.49. The van der Waals surface area contributed by atoms with Crippen LogP contribution in [-0.2, 0) is 48.7 Å². The number of carbonyl (C=O) groups excluding carboxylic acids is 1. The fourth-order valence-electron chi connectivity index (χ4n) is 3.02. The number of benzene rings is 3. The smallest absolute Gasteiger partial charge is 0.307 e. The summed E-state index contributed by atoms with van der Waals surface area (Å²) in [5.74, 6) is 1.47. The SMILES string of the molecule is COC(=O)Cc1cc[c-]cc1.[CH2-]Sc1nc(-c2ccc(OC)cc2)c(-c2ccc(OC)cc2)s1.[Y]. The van der Waals surface area contributed by atoms with Gasteiger partial charge in [-0.25, -0.2) is 4.98 Å². The predicted molar refractivity (Wildman–Crippen MR) is 138 cm³/mol. The van der Waals surface area contributed by atoms with Gasteiger partial charge in [-0.3, -0.25) is 22.8 Å². The number of methoxy groups -OCH3 is 3. The Labute approximate surface area is 240 Å². The van der Waals surface area contributed by atoms with E-state index in [2.05, 4.69) is 29.2 Å². The Morgan fingerprint density at radius 1 is 0.914 bits per heavy atom. The topological polar surface area (TPSA) is 57.7 Å². The van der Waals surface area contributed by atoms with E-state index in [0.29, 0.717) is 6.42 Å². The number of carbonyl (C=O) groups is 1. The molecule has 0 aliphatic carbocycles. The van der Waals surface area contributed by atoms with Gasteiger partial charge in [0.25, 0.3) is 0 Å². The number of aromatic nitrogens is 1. The van der Waals surface area contributed by atoms with Crippen molar-refractivity contribution >= 4 is 29.1 Å². The summed E-state index contributed by atoms with van der Waals surface area (Å²) in [4.78, 5) is 16.6. The molecule has 1 aromatic heterocycles. The Hall–Kier alpha value is -2.19. The third-order valence-electron chi connectivity index (χ3n) is 4.81. The Morgan fingerprint density at radius 2 is 1.46 bits per heavy atom. The number of thiazole rings is 1. The quantitative estimate of drug-likeness (QED) is 0.140. The molecular formula is C27H25NO4S2Y-2. The molecule has 8 heteroatoms. The van der Waals surface area contributed by atoms with Crippen LogP contribution in [0, 0.1) is 12.3 Å². The van der Waals surface area contributed by atoms with Crippen LogP contribution in [0.25, 0.3) is 21.7 Å². The molecule has 0 spiro atoms. The van der Waals surface area contributed by atoms with Crippen molar-refractivity contribution < 1.29 is 51.7 Å². The second-order valence-corrected chi connectivity index (χ2v) is 8.85. The molecule has 0 aliphatic rings. The molecule has 4 rings (SSSR count). The molecule has 5 nitrogen and oxygen atoms in total. The van der Waals surface area contributed by atoms with E-state index in [-0.39, 0.29) is 38.7 Å². The molecule has 1 heterocycles. The van der Waals surface area contributed by atoms with Crippen LogP contribution < -0.4 is 9.47 Å². The van der Waals surface area contributed by atoms with E-state index >= 15 is 0 Å². The van der Waals surface area contributed by atoms with Crippen molar-refractivity contribution in [3.8, 4) is 33.2 Å². The van der Waals surface area contributed by atoms with Gasteiger partial charge < -0.3 is 14.2 Å². The second kappa shape index (κ2) is 15.0. The number of thioether (sulfide) groups is 1. The minimum absolute atomic E-state index is 0. The third kappa shape index (κ3) is 8.46. The summed E-state index contributed by atoms with van der Waals surface area (Å²) >= 11 is 3.06. The monoisotopic (exact) mass is 580 g/mol. The van der Waals surface area contributed by atoms with Crippen molar-refractivity contribution in [3.63, 3.8) is 0 Å².